The van der Waals surface area contributed by atoms with E-state index < -0.39 is 9.76 Å². The topological polar surface area (TPSA) is 52.6 Å². The van der Waals surface area contributed by atoms with Crippen LogP contribution in [0.3, 0.4) is 0 Å². The van der Waals surface area contributed by atoms with Crippen LogP contribution in [0.15, 0.2) is 0 Å². The van der Waals surface area contributed by atoms with Gasteiger partial charge in [-0.25, -0.2) is 0 Å². The number of rotatable bonds is 15. The first-order valence-corrected chi connectivity index (χ1v) is 10.4. The zero-order chi connectivity index (χ0) is 19.0. The molecule has 0 atom stereocenters. The molecular formula is C18H31Cl3O4. The SMILES string of the molecule is CCCCCCCCCCOC(=O)CCCCC(=O)OCC(Cl)(Cl)Cl. The van der Waals surface area contributed by atoms with Crippen molar-refractivity contribution in [2.24, 2.45) is 0 Å². The zero-order valence-electron chi connectivity index (χ0n) is 15.2. The first kappa shape index (κ1) is 24.8. The first-order chi connectivity index (χ1) is 11.8. The highest BCUT2D eigenvalue weighted by Gasteiger charge is 2.21. The summed E-state index contributed by atoms with van der Waals surface area (Å²) >= 11 is 16.4. The lowest BCUT2D eigenvalue weighted by Gasteiger charge is -2.11. The molecule has 0 aliphatic heterocycles. The molecule has 148 valence electrons. The van der Waals surface area contributed by atoms with Crippen LogP contribution in [0.4, 0.5) is 0 Å². The lowest BCUT2D eigenvalue weighted by Crippen LogP contribution is -2.17. The zero-order valence-corrected chi connectivity index (χ0v) is 17.4. The molecule has 0 fully saturated rings. The number of esters is 2. The predicted molar refractivity (Wildman–Crippen MR) is 103 cm³/mol. The van der Waals surface area contributed by atoms with Crippen LogP contribution in [0.2, 0.25) is 0 Å². The number of halogens is 3. The number of unbranched alkanes of at least 4 members (excludes halogenated alkanes) is 8. The Hall–Kier alpha value is -0.190. The minimum atomic E-state index is -1.59. The molecule has 0 unspecified atom stereocenters. The van der Waals surface area contributed by atoms with E-state index in [0.717, 1.165) is 12.8 Å². The van der Waals surface area contributed by atoms with Crippen LogP contribution in [0.5, 0.6) is 0 Å². The summed E-state index contributed by atoms with van der Waals surface area (Å²) in [6.45, 7) is 2.43. The van der Waals surface area contributed by atoms with Gasteiger partial charge in [-0.05, 0) is 19.3 Å². The van der Waals surface area contributed by atoms with Gasteiger partial charge in [-0.1, -0.05) is 86.7 Å². The molecule has 0 aromatic rings. The number of alkyl halides is 3. The Labute approximate surface area is 166 Å². The summed E-state index contributed by atoms with van der Waals surface area (Å²) in [5.74, 6) is -0.642. The van der Waals surface area contributed by atoms with Crippen LogP contribution in [0.1, 0.15) is 84.0 Å². The number of carbonyl (C=O) groups is 2. The summed E-state index contributed by atoms with van der Waals surface area (Å²) in [6, 6.07) is 0. The number of carbonyl (C=O) groups excluding carboxylic acids is 2. The monoisotopic (exact) mass is 416 g/mol. The van der Waals surface area contributed by atoms with Crippen LogP contribution >= 0.6 is 34.8 Å². The summed E-state index contributed by atoms with van der Waals surface area (Å²) < 4.78 is 8.39. The van der Waals surface area contributed by atoms with Gasteiger partial charge in [0.25, 0.3) is 0 Å². The molecule has 4 nitrogen and oxygen atoms in total. The van der Waals surface area contributed by atoms with Crippen molar-refractivity contribution in [3.05, 3.63) is 0 Å². The van der Waals surface area contributed by atoms with Crippen LogP contribution in [-0.2, 0) is 19.1 Å². The Balaban J connectivity index is 3.37. The fraction of sp³-hybridized carbons (Fsp3) is 0.889. The van der Waals surface area contributed by atoms with Crippen molar-refractivity contribution >= 4 is 46.7 Å². The molecule has 0 spiro atoms. The van der Waals surface area contributed by atoms with E-state index in [1.165, 1.54) is 38.5 Å². The summed E-state index contributed by atoms with van der Waals surface area (Å²) in [7, 11) is 0. The Bertz CT molecular complexity index is 357. The van der Waals surface area contributed by atoms with Gasteiger partial charge in [0.15, 0.2) is 0 Å². The highest BCUT2D eigenvalue weighted by Crippen LogP contribution is 2.26. The summed E-state index contributed by atoms with van der Waals surface area (Å²) in [5.41, 5.74) is 0. The molecule has 0 aromatic carbocycles. The Morgan fingerprint density at radius 2 is 1.20 bits per heavy atom. The van der Waals surface area contributed by atoms with Gasteiger partial charge < -0.3 is 9.47 Å². The molecule has 0 heterocycles. The summed E-state index contributed by atoms with van der Waals surface area (Å²) in [6.07, 6.45) is 11.4. The van der Waals surface area contributed by atoms with E-state index in [9.17, 15) is 9.59 Å². The quantitative estimate of drug-likeness (QED) is 0.182. The minimum Gasteiger partial charge on any atom is -0.466 e. The van der Waals surface area contributed by atoms with E-state index in [1.807, 2.05) is 0 Å². The molecule has 0 radical (unpaired) electrons. The van der Waals surface area contributed by atoms with Gasteiger partial charge in [0, 0.05) is 12.8 Å². The molecule has 7 heteroatoms. The van der Waals surface area contributed by atoms with Crippen molar-refractivity contribution in [1.82, 2.24) is 0 Å². The van der Waals surface area contributed by atoms with Crippen molar-refractivity contribution in [1.29, 1.82) is 0 Å². The van der Waals surface area contributed by atoms with Crippen molar-refractivity contribution < 1.29 is 19.1 Å². The van der Waals surface area contributed by atoms with Gasteiger partial charge >= 0.3 is 11.9 Å². The van der Waals surface area contributed by atoms with Crippen LogP contribution < -0.4 is 0 Å². The number of hydrogen-bond acceptors (Lipinski definition) is 4. The third kappa shape index (κ3) is 20.0. The molecule has 0 bridgehead atoms. The van der Waals surface area contributed by atoms with E-state index in [2.05, 4.69) is 6.92 Å². The van der Waals surface area contributed by atoms with Gasteiger partial charge in [-0.3, -0.25) is 9.59 Å². The van der Waals surface area contributed by atoms with Gasteiger partial charge in [0.1, 0.15) is 6.61 Å². The molecule has 0 aromatic heterocycles. The molecule has 0 aliphatic rings. The molecule has 0 rings (SSSR count). The second-order valence-corrected chi connectivity index (χ2v) is 8.69. The summed E-state index contributed by atoms with van der Waals surface area (Å²) in [5, 5.41) is 0. The molecule has 0 saturated carbocycles. The highest BCUT2D eigenvalue weighted by molar-refractivity contribution is 6.67. The third-order valence-corrected chi connectivity index (χ3v) is 4.00. The fourth-order valence-corrected chi connectivity index (χ4v) is 2.43. The van der Waals surface area contributed by atoms with Gasteiger partial charge in [-0.15, -0.1) is 0 Å². The molecule has 0 saturated heterocycles. The normalized spacial score (nSPS) is 11.4. The van der Waals surface area contributed by atoms with Gasteiger partial charge in [0.2, 0.25) is 3.79 Å². The fourth-order valence-electron chi connectivity index (χ4n) is 2.27. The Kier molecular flexibility index (Phi) is 15.9. The molecular weight excluding hydrogens is 387 g/mol. The van der Waals surface area contributed by atoms with Crippen molar-refractivity contribution in [3.8, 4) is 0 Å². The lowest BCUT2D eigenvalue weighted by atomic mass is 10.1. The third-order valence-electron chi connectivity index (χ3n) is 3.67. The van der Waals surface area contributed by atoms with E-state index in [-0.39, 0.29) is 19.0 Å². The van der Waals surface area contributed by atoms with Crippen molar-refractivity contribution in [3.63, 3.8) is 0 Å². The maximum absolute atomic E-state index is 11.6. The van der Waals surface area contributed by atoms with Crippen LogP contribution in [0, 0.1) is 0 Å². The van der Waals surface area contributed by atoms with Gasteiger partial charge in [-0.2, -0.15) is 0 Å². The Morgan fingerprint density at radius 1 is 0.720 bits per heavy atom. The number of hydrogen-bond donors (Lipinski definition) is 0. The second-order valence-electron chi connectivity index (χ2n) is 6.18. The van der Waals surface area contributed by atoms with Crippen LogP contribution in [-0.4, -0.2) is 28.9 Å². The molecule has 0 N–H and O–H groups in total. The molecule has 25 heavy (non-hydrogen) atoms. The van der Waals surface area contributed by atoms with Crippen molar-refractivity contribution in [2.45, 2.75) is 87.8 Å². The van der Waals surface area contributed by atoms with Crippen molar-refractivity contribution in [2.75, 3.05) is 13.2 Å². The first-order valence-electron chi connectivity index (χ1n) is 9.23. The smallest absolute Gasteiger partial charge is 0.305 e. The second kappa shape index (κ2) is 16.0. The van der Waals surface area contributed by atoms with E-state index in [1.54, 1.807) is 0 Å². The summed E-state index contributed by atoms with van der Waals surface area (Å²) in [4.78, 5) is 22.9. The largest absolute Gasteiger partial charge is 0.466 e. The lowest BCUT2D eigenvalue weighted by molar-refractivity contribution is -0.145. The minimum absolute atomic E-state index is 0.200. The van der Waals surface area contributed by atoms with E-state index in [0.29, 0.717) is 25.9 Å². The highest BCUT2D eigenvalue weighted by atomic mass is 35.6. The van der Waals surface area contributed by atoms with E-state index in [4.69, 9.17) is 44.3 Å². The van der Waals surface area contributed by atoms with Gasteiger partial charge in [0.05, 0.1) is 6.61 Å². The average Bonchev–Trinajstić information content (AvgIpc) is 2.54. The average molecular weight is 418 g/mol. The number of ether oxygens (including phenoxy) is 2. The standard InChI is InChI=1S/C18H31Cl3O4/c1-2-3-4-5-6-7-8-11-14-24-16(22)12-9-10-13-17(23)25-15-18(19,20)21/h2-15H2,1H3. The molecule has 0 aliphatic carbocycles. The molecule has 0 amide bonds. The maximum atomic E-state index is 11.6. The Morgan fingerprint density at radius 3 is 1.72 bits per heavy atom. The maximum Gasteiger partial charge on any atom is 0.305 e. The van der Waals surface area contributed by atoms with Crippen LogP contribution in [0.25, 0.3) is 0 Å². The predicted octanol–water partition coefficient (Wildman–Crippen LogP) is 6.14. The van der Waals surface area contributed by atoms with E-state index >= 15 is 0 Å².